The molecule has 1 aliphatic rings. The van der Waals surface area contributed by atoms with Gasteiger partial charge in [-0.1, -0.05) is 35.8 Å². The molecule has 29 heavy (non-hydrogen) atoms. The Bertz CT molecular complexity index is 1410. The van der Waals surface area contributed by atoms with Gasteiger partial charge in [0.2, 0.25) is 0 Å². The van der Waals surface area contributed by atoms with Crippen molar-refractivity contribution in [1.82, 2.24) is 0 Å². The summed E-state index contributed by atoms with van der Waals surface area (Å²) in [7, 11) is 2.05. The van der Waals surface area contributed by atoms with Crippen molar-refractivity contribution in [3.63, 3.8) is 0 Å². The maximum Gasteiger partial charge on any atom is 0.172 e. The van der Waals surface area contributed by atoms with Crippen molar-refractivity contribution in [2.75, 3.05) is 5.32 Å². The van der Waals surface area contributed by atoms with Gasteiger partial charge in [-0.3, -0.25) is 0 Å². The van der Waals surface area contributed by atoms with Crippen molar-refractivity contribution in [1.29, 1.82) is 0 Å². The van der Waals surface area contributed by atoms with Crippen molar-refractivity contribution in [2.45, 2.75) is 0 Å². The average molecular weight is 377 g/mol. The smallest absolute Gasteiger partial charge is 0.172 e. The van der Waals surface area contributed by atoms with Crippen LogP contribution >= 0.6 is 0 Å². The molecule has 0 fully saturated rings. The molecule has 0 aliphatic carbocycles. The number of benzene rings is 4. The van der Waals surface area contributed by atoms with Crippen LogP contribution in [0.5, 0.6) is 23.0 Å². The van der Waals surface area contributed by atoms with Crippen LogP contribution < -0.4 is 20.3 Å². The minimum atomic E-state index is 0.696. The summed E-state index contributed by atoms with van der Waals surface area (Å²) in [6, 6.07) is 25.9. The third-order valence-electron chi connectivity index (χ3n) is 5.24. The van der Waals surface area contributed by atoms with Gasteiger partial charge in [0.1, 0.15) is 19.0 Å². The van der Waals surface area contributed by atoms with E-state index in [0.717, 1.165) is 56.0 Å². The highest BCUT2D eigenvalue weighted by Crippen LogP contribution is 2.45. The van der Waals surface area contributed by atoms with Crippen molar-refractivity contribution < 1.29 is 13.9 Å². The Morgan fingerprint density at radius 1 is 0.621 bits per heavy atom. The fraction of sp³-hybridized carbons (Fsp3) is 0. The normalized spacial score (nSPS) is 12.1. The van der Waals surface area contributed by atoms with E-state index in [0.29, 0.717) is 5.75 Å². The first kappa shape index (κ1) is 16.1. The summed E-state index contributed by atoms with van der Waals surface area (Å²) >= 11 is 0. The number of fused-ring (bicyclic) bond motifs is 5. The minimum Gasteiger partial charge on any atom is -0.456 e. The van der Waals surface area contributed by atoms with E-state index in [1.165, 1.54) is 0 Å². The molecule has 6 rings (SSSR count). The van der Waals surface area contributed by atoms with Gasteiger partial charge in [0.15, 0.2) is 23.0 Å². The third-order valence-corrected chi connectivity index (χ3v) is 5.24. The van der Waals surface area contributed by atoms with E-state index in [4.69, 9.17) is 13.9 Å². The van der Waals surface area contributed by atoms with Crippen LogP contribution in [-0.2, 0) is 0 Å². The minimum absolute atomic E-state index is 0.696. The molecule has 0 bridgehead atoms. The van der Waals surface area contributed by atoms with E-state index in [-0.39, 0.29) is 0 Å². The number of nitrogens with one attached hydrogen (secondary N) is 1. The zero-order chi connectivity index (χ0) is 19.4. The fourth-order valence-electron chi connectivity index (χ4n) is 3.77. The SMILES string of the molecule is Bc1cc2c(cc1Nc1ccc3c(c1)oc1ccccc13)Oc1ccccc1O2. The number of hydrogen-bond acceptors (Lipinski definition) is 4. The summed E-state index contributed by atoms with van der Waals surface area (Å²) < 4.78 is 18.0. The summed E-state index contributed by atoms with van der Waals surface area (Å²) in [4.78, 5) is 0. The summed E-state index contributed by atoms with van der Waals surface area (Å²) in [5, 5.41) is 5.73. The van der Waals surface area contributed by atoms with Gasteiger partial charge in [-0.2, -0.15) is 0 Å². The van der Waals surface area contributed by atoms with Crippen LogP contribution in [-0.4, -0.2) is 7.85 Å². The molecule has 0 unspecified atom stereocenters. The lowest BCUT2D eigenvalue weighted by atomic mass is 9.93. The lowest BCUT2D eigenvalue weighted by Gasteiger charge is -2.22. The largest absolute Gasteiger partial charge is 0.456 e. The lowest BCUT2D eigenvalue weighted by molar-refractivity contribution is 0.360. The van der Waals surface area contributed by atoms with Crippen molar-refractivity contribution in [3.05, 3.63) is 78.9 Å². The van der Waals surface area contributed by atoms with Crippen LogP contribution in [0.25, 0.3) is 21.9 Å². The number of hydrogen-bond donors (Lipinski definition) is 1. The van der Waals surface area contributed by atoms with Crippen LogP contribution in [0.3, 0.4) is 0 Å². The lowest BCUT2D eigenvalue weighted by Crippen LogP contribution is -2.12. The van der Waals surface area contributed by atoms with Gasteiger partial charge in [-0.15, -0.1) is 0 Å². The van der Waals surface area contributed by atoms with E-state index in [9.17, 15) is 0 Å². The van der Waals surface area contributed by atoms with Crippen LogP contribution in [0, 0.1) is 0 Å². The monoisotopic (exact) mass is 377 g/mol. The molecule has 2 heterocycles. The molecule has 0 atom stereocenters. The van der Waals surface area contributed by atoms with E-state index >= 15 is 0 Å². The van der Waals surface area contributed by atoms with E-state index in [1.807, 2.05) is 68.5 Å². The van der Waals surface area contributed by atoms with Gasteiger partial charge in [-0.05, 0) is 36.4 Å². The average Bonchev–Trinajstić information content (AvgIpc) is 3.11. The molecule has 5 heteroatoms. The molecule has 1 aliphatic heterocycles. The molecule has 0 radical (unpaired) electrons. The highest BCUT2D eigenvalue weighted by molar-refractivity contribution is 6.36. The number of furan rings is 1. The molecule has 0 saturated carbocycles. The van der Waals surface area contributed by atoms with E-state index < -0.39 is 0 Å². The van der Waals surface area contributed by atoms with Crippen molar-refractivity contribution in [2.24, 2.45) is 0 Å². The molecule has 4 aromatic carbocycles. The van der Waals surface area contributed by atoms with Crippen LogP contribution in [0.15, 0.2) is 83.3 Å². The Hall–Kier alpha value is -3.86. The predicted molar refractivity (Wildman–Crippen MR) is 118 cm³/mol. The van der Waals surface area contributed by atoms with Gasteiger partial charge in [0.05, 0.1) is 0 Å². The molecule has 138 valence electrons. The summed E-state index contributed by atoms with van der Waals surface area (Å²) in [5.74, 6) is 2.87. The van der Waals surface area contributed by atoms with Gasteiger partial charge in [0.25, 0.3) is 0 Å². The van der Waals surface area contributed by atoms with E-state index in [1.54, 1.807) is 0 Å². The van der Waals surface area contributed by atoms with Gasteiger partial charge >= 0.3 is 0 Å². The molecular formula is C24H16BNO3. The zero-order valence-electron chi connectivity index (χ0n) is 15.7. The second-order valence-corrected chi connectivity index (χ2v) is 7.20. The summed E-state index contributed by atoms with van der Waals surface area (Å²) in [6.07, 6.45) is 0. The Labute approximate surface area is 168 Å². The number of rotatable bonds is 2. The fourth-order valence-corrected chi connectivity index (χ4v) is 3.77. The Kier molecular flexibility index (Phi) is 3.38. The number of para-hydroxylation sites is 3. The second kappa shape index (κ2) is 6.07. The first-order valence-electron chi connectivity index (χ1n) is 9.52. The second-order valence-electron chi connectivity index (χ2n) is 7.20. The molecule has 1 N–H and O–H groups in total. The molecule has 0 amide bonds. The first-order valence-corrected chi connectivity index (χ1v) is 9.52. The van der Waals surface area contributed by atoms with Crippen molar-refractivity contribution in [3.8, 4) is 23.0 Å². The van der Waals surface area contributed by atoms with Crippen molar-refractivity contribution >= 4 is 46.6 Å². The van der Waals surface area contributed by atoms with Gasteiger partial charge < -0.3 is 19.2 Å². The number of ether oxygens (including phenoxy) is 2. The molecule has 4 nitrogen and oxygen atoms in total. The Balaban J connectivity index is 1.37. The maximum absolute atomic E-state index is 6.04. The van der Waals surface area contributed by atoms with Crippen LogP contribution in [0.1, 0.15) is 0 Å². The van der Waals surface area contributed by atoms with Gasteiger partial charge in [0, 0.05) is 34.3 Å². The molecule has 1 aromatic heterocycles. The standard InChI is InChI=1S/C24H16BNO3/c25-17-12-23-24(29-21-8-4-3-7-20(21)28-23)13-18(17)26-14-9-10-16-15-5-1-2-6-19(15)27-22(16)11-14/h1-13,26H,25H2. The quantitative estimate of drug-likeness (QED) is 0.406. The van der Waals surface area contributed by atoms with Crippen LogP contribution in [0.2, 0.25) is 0 Å². The molecule has 0 spiro atoms. The number of anilines is 2. The molecule has 0 saturated heterocycles. The van der Waals surface area contributed by atoms with E-state index in [2.05, 4.69) is 23.5 Å². The molecule has 5 aromatic rings. The Morgan fingerprint density at radius 3 is 2.14 bits per heavy atom. The molecular weight excluding hydrogens is 361 g/mol. The third kappa shape index (κ3) is 2.63. The summed E-state index contributed by atoms with van der Waals surface area (Å²) in [5.41, 5.74) is 4.74. The Morgan fingerprint density at radius 2 is 1.31 bits per heavy atom. The first-order chi connectivity index (χ1) is 14.2. The topological polar surface area (TPSA) is 43.6 Å². The van der Waals surface area contributed by atoms with Crippen LogP contribution in [0.4, 0.5) is 11.4 Å². The zero-order valence-corrected chi connectivity index (χ0v) is 15.7. The van der Waals surface area contributed by atoms with Gasteiger partial charge in [-0.25, -0.2) is 0 Å². The highest BCUT2D eigenvalue weighted by Gasteiger charge is 2.20. The highest BCUT2D eigenvalue weighted by atomic mass is 16.6. The predicted octanol–water partition coefficient (Wildman–Crippen LogP) is 5.49. The maximum atomic E-state index is 6.04. The summed E-state index contributed by atoms with van der Waals surface area (Å²) in [6.45, 7) is 0.